The van der Waals surface area contributed by atoms with E-state index >= 15 is 0 Å². The van der Waals surface area contributed by atoms with Crippen molar-refractivity contribution in [3.8, 4) is 0 Å². The fraction of sp³-hybridized carbons (Fsp3) is 0.278. The van der Waals surface area contributed by atoms with Gasteiger partial charge in [0.1, 0.15) is 6.61 Å². The van der Waals surface area contributed by atoms with Crippen LogP contribution in [0.25, 0.3) is 0 Å². The standard InChI is InChI=1S/C18H19ClO2/c1-3-7-15-13(2)17(19)11-10-16(15)18(20)21-12-14-8-5-4-6-9-14/h4-6,8-11H,3,7,12H2,1-2H3. The van der Waals surface area contributed by atoms with Gasteiger partial charge in [-0.05, 0) is 42.2 Å². The van der Waals surface area contributed by atoms with Crippen LogP contribution in [0.15, 0.2) is 42.5 Å². The zero-order valence-corrected chi connectivity index (χ0v) is 13.1. The maximum absolute atomic E-state index is 12.3. The van der Waals surface area contributed by atoms with Gasteiger partial charge in [-0.25, -0.2) is 4.79 Å². The summed E-state index contributed by atoms with van der Waals surface area (Å²) in [5.41, 5.74) is 3.55. The van der Waals surface area contributed by atoms with E-state index in [4.69, 9.17) is 16.3 Å². The molecule has 0 heterocycles. The van der Waals surface area contributed by atoms with Crippen LogP contribution in [-0.2, 0) is 17.8 Å². The molecule has 0 saturated heterocycles. The van der Waals surface area contributed by atoms with Crippen molar-refractivity contribution in [3.63, 3.8) is 0 Å². The van der Waals surface area contributed by atoms with Crippen molar-refractivity contribution in [1.29, 1.82) is 0 Å². The Morgan fingerprint density at radius 3 is 2.52 bits per heavy atom. The quantitative estimate of drug-likeness (QED) is 0.730. The van der Waals surface area contributed by atoms with E-state index in [0.717, 1.165) is 29.5 Å². The lowest BCUT2D eigenvalue weighted by Gasteiger charge is -2.13. The first-order chi connectivity index (χ1) is 10.1. The Morgan fingerprint density at radius 2 is 1.86 bits per heavy atom. The Balaban J connectivity index is 2.17. The Labute approximate surface area is 130 Å². The topological polar surface area (TPSA) is 26.3 Å². The minimum Gasteiger partial charge on any atom is -0.457 e. The first-order valence-corrected chi connectivity index (χ1v) is 7.50. The zero-order chi connectivity index (χ0) is 15.2. The normalized spacial score (nSPS) is 10.4. The molecule has 0 bridgehead atoms. The Kier molecular flexibility index (Phi) is 5.40. The van der Waals surface area contributed by atoms with E-state index in [0.29, 0.717) is 10.6 Å². The highest BCUT2D eigenvalue weighted by molar-refractivity contribution is 6.31. The van der Waals surface area contributed by atoms with E-state index in [1.807, 2.05) is 37.3 Å². The van der Waals surface area contributed by atoms with Crippen molar-refractivity contribution < 1.29 is 9.53 Å². The zero-order valence-electron chi connectivity index (χ0n) is 12.4. The molecule has 0 unspecified atom stereocenters. The van der Waals surface area contributed by atoms with Crippen LogP contribution in [0.1, 0.15) is 40.4 Å². The van der Waals surface area contributed by atoms with Gasteiger partial charge in [0.25, 0.3) is 0 Å². The van der Waals surface area contributed by atoms with Gasteiger partial charge in [-0.2, -0.15) is 0 Å². The maximum Gasteiger partial charge on any atom is 0.338 e. The Hall–Kier alpha value is -1.80. The van der Waals surface area contributed by atoms with Crippen LogP contribution in [0, 0.1) is 6.92 Å². The number of hydrogen-bond donors (Lipinski definition) is 0. The van der Waals surface area contributed by atoms with Crippen LogP contribution < -0.4 is 0 Å². The van der Waals surface area contributed by atoms with Gasteiger partial charge in [0.15, 0.2) is 0 Å². The molecular formula is C18H19ClO2. The number of hydrogen-bond acceptors (Lipinski definition) is 2. The van der Waals surface area contributed by atoms with Crippen LogP contribution in [0.2, 0.25) is 5.02 Å². The molecule has 0 N–H and O–H groups in total. The second-order valence-electron chi connectivity index (χ2n) is 5.01. The highest BCUT2D eigenvalue weighted by Gasteiger charge is 2.16. The van der Waals surface area contributed by atoms with Crippen molar-refractivity contribution in [2.24, 2.45) is 0 Å². The monoisotopic (exact) mass is 302 g/mol. The molecule has 110 valence electrons. The predicted molar refractivity (Wildman–Crippen MR) is 85.7 cm³/mol. The number of carbonyl (C=O) groups is 1. The Morgan fingerprint density at radius 1 is 1.14 bits per heavy atom. The molecule has 2 nitrogen and oxygen atoms in total. The number of carbonyl (C=O) groups excluding carboxylic acids is 1. The van der Waals surface area contributed by atoms with Crippen molar-refractivity contribution >= 4 is 17.6 Å². The molecule has 0 aliphatic heterocycles. The predicted octanol–water partition coefficient (Wildman–Crippen LogP) is 4.96. The number of benzene rings is 2. The third-order valence-corrected chi connectivity index (χ3v) is 3.87. The lowest BCUT2D eigenvalue weighted by Crippen LogP contribution is -2.10. The van der Waals surface area contributed by atoms with E-state index in [-0.39, 0.29) is 12.6 Å². The van der Waals surface area contributed by atoms with Crippen molar-refractivity contribution in [2.75, 3.05) is 0 Å². The fourth-order valence-electron chi connectivity index (χ4n) is 2.29. The highest BCUT2D eigenvalue weighted by Crippen LogP contribution is 2.25. The van der Waals surface area contributed by atoms with Gasteiger partial charge in [-0.15, -0.1) is 0 Å². The molecular weight excluding hydrogens is 284 g/mol. The fourth-order valence-corrected chi connectivity index (χ4v) is 2.47. The summed E-state index contributed by atoms with van der Waals surface area (Å²) >= 11 is 6.15. The summed E-state index contributed by atoms with van der Waals surface area (Å²) in [6, 6.07) is 13.2. The van der Waals surface area contributed by atoms with E-state index < -0.39 is 0 Å². The van der Waals surface area contributed by atoms with Gasteiger partial charge in [-0.3, -0.25) is 0 Å². The van der Waals surface area contributed by atoms with Crippen LogP contribution in [-0.4, -0.2) is 5.97 Å². The first kappa shape index (κ1) is 15.6. The maximum atomic E-state index is 12.3. The van der Waals surface area contributed by atoms with E-state index in [2.05, 4.69) is 6.92 Å². The van der Waals surface area contributed by atoms with E-state index in [9.17, 15) is 4.79 Å². The van der Waals surface area contributed by atoms with Gasteiger partial charge in [-0.1, -0.05) is 55.3 Å². The van der Waals surface area contributed by atoms with Crippen LogP contribution in [0.5, 0.6) is 0 Å². The molecule has 21 heavy (non-hydrogen) atoms. The average molecular weight is 303 g/mol. The first-order valence-electron chi connectivity index (χ1n) is 7.12. The molecule has 0 aliphatic rings. The van der Waals surface area contributed by atoms with Crippen molar-refractivity contribution in [2.45, 2.75) is 33.3 Å². The Bertz CT molecular complexity index is 621. The molecule has 3 heteroatoms. The highest BCUT2D eigenvalue weighted by atomic mass is 35.5. The summed E-state index contributed by atoms with van der Waals surface area (Å²) in [6.45, 7) is 4.31. The van der Waals surface area contributed by atoms with E-state index in [1.54, 1.807) is 12.1 Å². The molecule has 0 amide bonds. The summed E-state index contributed by atoms with van der Waals surface area (Å²) in [5.74, 6) is -0.290. The van der Waals surface area contributed by atoms with E-state index in [1.165, 1.54) is 0 Å². The molecule has 2 rings (SSSR count). The molecule has 0 radical (unpaired) electrons. The van der Waals surface area contributed by atoms with Crippen LogP contribution in [0.3, 0.4) is 0 Å². The number of rotatable bonds is 5. The smallest absolute Gasteiger partial charge is 0.338 e. The van der Waals surface area contributed by atoms with Gasteiger partial charge in [0.2, 0.25) is 0 Å². The summed E-state index contributed by atoms with van der Waals surface area (Å²) in [5, 5.41) is 0.693. The average Bonchev–Trinajstić information content (AvgIpc) is 2.51. The third-order valence-electron chi connectivity index (χ3n) is 3.47. The molecule has 0 saturated carbocycles. The molecule has 0 fully saturated rings. The molecule has 0 spiro atoms. The number of halogens is 1. The lowest BCUT2D eigenvalue weighted by molar-refractivity contribution is 0.0471. The van der Waals surface area contributed by atoms with Gasteiger partial charge in [0.05, 0.1) is 5.56 Å². The third kappa shape index (κ3) is 3.85. The van der Waals surface area contributed by atoms with Gasteiger partial charge in [0, 0.05) is 5.02 Å². The molecule has 0 aliphatic carbocycles. The largest absolute Gasteiger partial charge is 0.457 e. The van der Waals surface area contributed by atoms with Gasteiger partial charge < -0.3 is 4.74 Å². The second-order valence-corrected chi connectivity index (χ2v) is 5.42. The summed E-state index contributed by atoms with van der Waals surface area (Å²) in [4.78, 5) is 12.3. The minimum atomic E-state index is -0.290. The summed E-state index contributed by atoms with van der Waals surface area (Å²) < 4.78 is 5.41. The van der Waals surface area contributed by atoms with Crippen molar-refractivity contribution in [3.05, 3.63) is 69.7 Å². The molecule has 2 aromatic rings. The van der Waals surface area contributed by atoms with Gasteiger partial charge >= 0.3 is 5.97 Å². The summed E-state index contributed by atoms with van der Waals surface area (Å²) in [7, 11) is 0. The molecule has 0 aromatic heterocycles. The SMILES string of the molecule is CCCc1c(C(=O)OCc2ccccc2)ccc(Cl)c1C. The van der Waals surface area contributed by atoms with Crippen molar-refractivity contribution in [1.82, 2.24) is 0 Å². The summed E-state index contributed by atoms with van der Waals surface area (Å²) in [6.07, 6.45) is 1.78. The minimum absolute atomic E-state index is 0.285. The van der Waals surface area contributed by atoms with Crippen LogP contribution in [0.4, 0.5) is 0 Å². The number of esters is 1. The lowest BCUT2D eigenvalue weighted by atomic mass is 9.98. The van der Waals surface area contributed by atoms with Crippen LogP contribution >= 0.6 is 11.6 Å². The molecule has 0 atom stereocenters. The number of ether oxygens (including phenoxy) is 1. The molecule has 2 aromatic carbocycles. The second kappa shape index (κ2) is 7.28.